The molecule has 2 N–H and O–H groups in total. The highest BCUT2D eigenvalue weighted by Crippen LogP contribution is 2.28. The van der Waals surface area contributed by atoms with E-state index in [2.05, 4.69) is 0 Å². The van der Waals surface area contributed by atoms with Gasteiger partial charge in [0, 0.05) is 10.9 Å². The van der Waals surface area contributed by atoms with Crippen LogP contribution in [0.25, 0.3) is 22.1 Å². The summed E-state index contributed by atoms with van der Waals surface area (Å²) in [5.74, 6) is 0. The Hall–Kier alpha value is -2.04. The van der Waals surface area contributed by atoms with E-state index < -0.39 is 7.12 Å². The Balaban J connectivity index is 2.35. The van der Waals surface area contributed by atoms with Crippen LogP contribution in [0.4, 0.5) is 0 Å². The van der Waals surface area contributed by atoms with Crippen molar-refractivity contribution in [2.24, 2.45) is 0 Å². The van der Waals surface area contributed by atoms with Crippen LogP contribution in [0.5, 0.6) is 0 Å². The van der Waals surface area contributed by atoms with Gasteiger partial charge in [-0.05, 0) is 11.6 Å². The second-order valence-corrected chi connectivity index (χ2v) is 4.08. The van der Waals surface area contributed by atoms with E-state index >= 15 is 0 Å². The van der Waals surface area contributed by atoms with E-state index in [1.165, 1.54) is 0 Å². The fraction of sp³-hybridized carbons (Fsp3) is 0. The van der Waals surface area contributed by atoms with Gasteiger partial charge in [0.15, 0.2) is 0 Å². The summed E-state index contributed by atoms with van der Waals surface area (Å²) in [5, 5.41) is 19.7. The maximum atomic E-state index is 9.43. The van der Waals surface area contributed by atoms with Gasteiger partial charge < -0.3 is 14.5 Å². The van der Waals surface area contributed by atoms with Crippen LogP contribution in [0.1, 0.15) is 0 Å². The smallest absolute Gasteiger partial charge is 0.464 e. The van der Waals surface area contributed by atoms with Crippen LogP contribution in [-0.2, 0) is 0 Å². The zero-order valence-corrected chi connectivity index (χ0v) is 9.58. The van der Waals surface area contributed by atoms with Gasteiger partial charge in [-0.3, -0.25) is 0 Å². The minimum absolute atomic E-state index is 0.183. The predicted molar refractivity (Wildman–Crippen MR) is 71.5 cm³/mol. The highest BCUT2D eigenvalue weighted by atomic mass is 16.4. The van der Waals surface area contributed by atoms with Gasteiger partial charge in [0.1, 0.15) is 11.2 Å². The zero-order valence-electron chi connectivity index (χ0n) is 9.58. The first kappa shape index (κ1) is 11.1. The Morgan fingerprint density at radius 3 is 2.22 bits per heavy atom. The second-order valence-electron chi connectivity index (χ2n) is 4.08. The van der Waals surface area contributed by atoms with Crippen molar-refractivity contribution in [3.05, 3.63) is 54.6 Å². The molecule has 3 aromatic rings. The number of rotatable bonds is 2. The van der Waals surface area contributed by atoms with E-state index in [-0.39, 0.29) is 5.66 Å². The lowest BCUT2D eigenvalue weighted by Gasteiger charge is -2.02. The SMILES string of the molecule is OB(O)c1oc2ccccc2c1-c1ccccc1. The fourth-order valence-corrected chi connectivity index (χ4v) is 2.15. The van der Waals surface area contributed by atoms with Crippen molar-refractivity contribution in [3.63, 3.8) is 0 Å². The first-order valence-corrected chi connectivity index (χ1v) is 5.70. The third-order valence-electron chi connectivity index (χ3n) is 2.92. The number of para-hydroxylation sites is 1. The van der Waals surface area contributed by atoms with Crippen LogP contribution >= 0.6 is 0 Å². The van der Waals surface area contributed by atoms with E-state index in [4.69, 9.17) is 4.42 Å². The topological polar surface area (TPSA) is 53.6 Å². The molecule has 0 amide bonds. The number of benzene rings is 2. The molecule has 0 radical (unpaired) electrons. The molecule has 3 nitrogen and oxygen atoms in total. The molecule has 0 atom stereocenters. The molecule has 0 aliphatic rings. The quantitative estimate of drug-likeness (QED) is 0.669. The summed E-state index contributed by atoms with van der Waals surface area (Å²) in [6.45, 7) is 0. The van der Waals surface area contributed by atoms with Crippen LogP contribution in [0.3, 0.4) is 0 Å². The van der Waals surface area contributed by atoms with Crippen molar-refractivity contribution in [1.82, 2.24) is 0 Å². The molecule has 0 aliphatic heterocycles. The van der Waals surface area contributed by atoms with Gasteiger partial charge in [0.05, 0.1) is 0 Å². The molecule has 2 aromatic carbocycles. The number of hydrogen-bond acceptors (Lipinski definition) is 3. The lowest BCUT2D eigenvalue weighted by atomic mass is 9.82. The standard InChI is InChI=1S/C14H11BO3/c16-15(17)14-13(10-6-2-1-3-7-10)11-8-4-5-9-12(11)18-14/h1-9,16-17H. The van der Waals surface area contributed by atoms with Crippen molar-refractivity contribution in [2.45, 2.75) is 0 Å². The molecular formula is C14H11BO3. The largest absolute Gasteiger partial charge is 0.527 e. The molecule has 3 rings (SSSR count). The van der Waals surface area contributed by atoms with E-state index in [1.807, 2.05) is 54.6 Å². The molecule has 0 aliphatic carbocycles. The highest BCUT2D eigenvalue weighted by Gasteiger charge is 2.24. The summed E-state index contributed by atoms with van der Waals surface area (Å²) < 4.78 is 5.52. The summed E-state index contributed by atoms with van der Waals surface area (Å²) in [5.41, 5.74) is 2.48. The maximum absolute atomic E-state index is 9.43. The van der Waals surface area contributed by atoms with Crippen molar-refractivity contribution in [2.75, 3.05) is 0 Å². The van der Waals surface area contributed by atoms with Gasteiger partial charge >= 0.3 is 7.12 Å². The van der Waals surface area contributed by atoms with Gasteiger partial charge in [-0.15, -0.1) is 0 Å². The summed E-state index contributed by atoms with van der Waals surface area (Å²) in [6.07, 6.45) is 0. The lowest BCUT2D eigenvalue weighted by Crippen LogP contribution is -2.29. The van der Waals surface area contributed by atoms with Crippen LogP contribution in [-0.4, -0.2) is 17.2 Å². The fourth-order valence-electron chi connectivity index (χ4n) is 2.15. The first-order valence-electron chi connectivity index (χ1n) is 5.70. The maximum Gasteiger partial charge on any atom is 0.527 e. The van der Waals surface area contributed by atoms with Crippen molar-refractivity contribution >= 4 is 23.7 Å². The van der Waals surface area contributed by atoms with Crippen molar-refractivity contribution < 1.29 is 14.5 Å². The molecule has 0 bridgehead atoms. The van der Waals surface area contributed by atoms with Crippen LogP contribution < -0.4 is 5.66 Å². The average molecular weight is 238 g/mol. The van der Waals surface area contributed by atoms with Crippen molar-refractivity contribution in [3.8, 4) is 11.1 Å². The summed E-state index contributed by atoms with van der Waals surface area (Å²) in [7, 11) is -1.62. The molecule has 0 spiro atoms. The Labute approximate surface area is 104 Å². The second kappa shape index (κ2) is 4.33. The Bertz CT molecular complexity index is 674. The summed E-state index contributed by atoms with van der Waals surface area (Å²) >= 11 is 0. The molecule has 1 heterocycles. The molecule has 0 unspecified atom stereocenters. The zero-order chi connectivity index (χ0) is 12.5. The molecule has 0 saturated heterocycles. The molecule has 0 fully saturated rings. The molecule has 1 aromatic heterocycles. The average Bonchev–Trinajstić information content (AvgIpc) is 2.79. The van der Waals surface area contributed by atoms with Crippen molar-refractivity contribution in [1.29, 1.82) is 0 Å². The number of furan rings is 1. The normalized spacial score (nSPS) is 10.8. The summed E-state index contributed by atoms with van der Waals surface area (Å²) in [4.78, 5) is 0. The van der Waals surface area contributed by atoms with E-state index in [1.54, 1.807) is 0 Å². The van der Waals surface area contributed by atoms with Gasteiger partial charge in [0.25, 0.3) is 0 Å². The molecule has 0 saturated carbocycles. The highest BCUT2D eigenvalue weighted by molar-refractivity contribution is 6.59. The molecule has 88 valence electrons. The van der Waals surface area contributed by atoms with E-state index in [0.29, 0.717) is 5.58 Å². The van der Waals surface area contributed by atoms with Crippen LogP contribution in [0.2, 0.25) is 0 Å². The minimum atomic E-state index is -1.62. The van der Waals surface area contributed by atoms with Crippen LogP contribution in [0, 0.1) is 0 Å². The summed E-state index contributed by atoms with van der Waals surface area (Å²) in [6, 6.07) is 17.1. The first-order chi connectivity index (χ1) is 8.77. The van der Waals surface area contributed by atoms with Gasteiger partial charge in [-0.1, -0.05) is 48.5 Å². The Morgan fingerprint density at radius 2 is 1.50 bits per heavy atom. The van der Waals surface area contributed by atoms with E-state index in [0.717, 1.165) is 16.5 Å². The minimum Gasteiger partial charge on any atom is -0.464 e. The van der Waals surface area contributed by atoms with Crippen LogP contribution in [0.15, 0.2) is 59.0 Å². The molecule has 18 heavy (non-hydrogen) atoms. The third-order valence-corrected chi connectivity index (χ3v) is 2.92. The van der Waals surface area contributed by atoms with Gasteiger partial charge in [-0.25, -0.2) is 0 Å². The number of hydrogen-bond donors (Lipinski definition) is 2. The Kier molecular flexibility index (Phi) is 2.66. The number of fused-ring (bicyclic) bond motifs is 1. The third kappa shape index (κ3) is 1.72. The molecular weight excluding hydrogens is 227 g/mol. The Morgan fingerprint density at radius 1 is 0.833 bits per heavy atom. The lowest BCUT2D eigenvalue weighted by molar-refractivity contribution is 0.413. The monoisotopic (exact) mass is 238 g/mol. The molecule has 4 heteroatoms. The van der Waals surface area contributed by atoms with Gasteiger partial charge in [0.2, 0.25) is 0 Å². The predicted octanol–water partition coefficient (Wildman–Crippen LogP) is 1.78. The van der Waals surface area contributed by atoms with Gasteiger partial charge in [-0.2, -0.15) is 0 Å². The van der Waals surface area contributed by atoms with E-state index in [9.17, 15) is 10.0 Å².